The van der Waals surface area contributed by atoms with Crippen molar-refractivity contribution in [1.82, 2.24) is 10.2 Å². The number of nitrogens with one attached hydrogen (secondary N) is 1. The first-order valence-corrected chi connectivity index (χ1v) is 5.22. The van der Waals surface area contributed by atoms with Gasteiger partial charge >= 0.3 is 0 Å². The van der Waals surface area contributed by atoms with Crippen molar-refractivity contribution in [2.75, 3.05) is 27.2 Å². The molecule has 1 amide bonds. The van der Waals surface area contributed by atoms with Crippen molar-refractivity contribution in [2.45, 2.75) is 6.92 Å². The maximum atomic E-state index is 13.5. The molecular formula is C12H17FN2O. The highest BCUT2D eigenvalue weighted by atomic mass is 19.1. The van der Waals surface area contributed by atoms with E-state index >= 15 is 0 Å². The SMILES string of the molecule is CNCCN(C)C(=O)c1ccc(C)cc1F. The molecule has 0 aromatic heterocycles. The molecule has 0 unspecified atom stereocenters. The molecular weight excluding hydrogens is 207 g/mol. The molecule has 0 spiro atoms. The third kappa shape index (κ3) is 3.03. The standard InChI is InChI=1S/C12H17FN2O/c1-9-4-5-10(11(13)8-9)12(16)15(3)7-6-14-2/h4-5,8,14H,6-7H2,1-3H3. The molecule has 0 aliphatic heterocycles. The van der Waals surface area contributed by atoms with Crippen LogP contribution in [0.1, 0.15) is 15.9 Å². The molecule has 3 nitrogen and oxygen atoms in total. The Morgan fingerprint density at radius 3 is 2.75 bits per heavy atom. The zero-order valence-corrected chi connectivity index (χ0v) is 9.88. The van der Waals surface area contributed by atoms with Gasteiger partial charge in [0.05, 0.1) is 5.56 Å². The van der Waals surface area contributed by atoms with E-state index < -0.39 is 5.82 Å². The molecule has 1 N–H and O–H groups in total. The van der Waals surface area contributed by atoms with Gasteiger partial charge in [-0.05, 0) is 31.7 Å². The predicted molar refractivity (Wildman–Crippen MR) is 62.0 cm³/mol. The summed E-state index contributed by atoms with van der Waals surface area (Å²) < 4.78 is 13.5. The zero-order valence-electron chi connectivity index (χ0n) is 9.88. The summed E-state index contributed by atoms with van der Waals surface area (Å²) in [5.41, 5.74) is 0.941. The van der Waals surface area contributed by atoms with E-state index in [1.165, 1.54) is 17.0 Å². The van der Waals surface area contributed by atoms with Crippen molar-refractivity contribution in [2.24, 2.45) is 0 Å². The van der Waals surface area contributed by atoms with E-state index in [0.29, 0.717) is 13.1 Å². The van der Waals surface area contributed by atoms with Gasteiger partial charge in [0.25, 0.3) is 5.91 Å². The van der Waals surface area contributed by atoms with E-state index in [-0.39, 0.29) is 11.5 Å². The molecule has 0 heterocycles. The third-order valence-corrected chi connectivity index (χ3v) is 2.40. The van der Waals surface area contributed by atoms with Gasteiger partial charge in [-0.15, -0.1) is 0 Å². The number of amides is 1. The Labute approximate surface area is 95.3 Å². The second-order valence-corrected chi connectivity index (χ2v) is 3.81. The molecule has 1 aromatic rings. The lowest BCUT2D eigenvalue weighted by molar-refractivity contribution is 0.0792. The monoisotopic (exact) mass is 224 g/mol. The van der Waals surface area contributed by atoms with Crippen LogP contribution in [0.15, 0.2) is 18.2 Å². The van der Waals surface area contributed by atoms with E-state index in [2.05, 4.69) is 5.32 Å². The van der Waals surface area contributed by atoms with Crippen LogP contribution in [-0.4, -0.2) is 38.0 Å². The van der Waals surface area contributed by atoms with Crippen LogP contribution in [0.2, 0.25) is 0 Å². The average molecular weight is 224 g/mol. The number of aryl methyl sites for hydroxylation is 1. The second kappa shape index (κ2) is 5.61. The van der Waals surface area contributed by atoms with E-state index in [0.717, 1.165) is 5.56 Å². The number of hydrogen-bond donors (Lipinski definition) is 1. The van der Waals surface area contributed by atoms with Gasteiger partial charge in [0, 0.05) is 20.1 Å². The summed E-state index contributed by atoms with van der Waals surface area (Å²) in [6, 6.07) is 4.64. The third-order valence-electron chi connectivity index (χ3n) is 2.40. The molecule has 1 aromatic carbocycles. The maximum absolute atomic E-state index is 13.5. The molecule has 16 heavy (non-hydrogen) atoms. The van der Waals surface area contributed by atoms with Gasteiger partial charge in [0.1, 0.15) is 5.82 Å². The summed E-state index contributed by atoms with van der Waals surface area (Å²) in [6.45, 7) is 3.04. The van der Waals surface area contributed by atoms with E-state index in [1.807, 2.05) is 7.05 Å². The Hall–Kier alpha value is -1.42. The molecule has 0 aliphatic carbocycles. The van der Waals surface area contributed by atoms with Gasteiger partial charge in [-0.1, -0.05) is 6.07 Å². The molecule has 0 saturated carbocycles. The van der Waals surface area contributed by atoms with Crippen molar-refractivity contribution in [1.29, 1.82) is 0 Å². The number of likely N-dealkylation sites (N-methyl/N-ethyl adjacent to an activating group) is 2. The topological polar surface area (TPSA) is 32.3 Å². The Bertz CT molecular complexity index is 379. The fraction of sp³-hybridized carbons (Fsp3) is 0.417. The van der Waals surface area contributed by atoms with Crippen LogP contribution in [0.25, 0.3) is 0 Å². The number of rotatable bonds is 4. The average Bonchev–Trinajstić information content (AvgIpc) is 2.25. The van der Waals surface area contributed by atoms with Crippen LogP contribution in [0, 0.1) is 12.7 Å². The van der Waals surface area contributed by atoms with Crippen LogP contribution in [-0.2, 0) is 0 Å². The fourth-order valence-electron chi connectivity index (χ4n) is 1.38. The van der Waals surface area contributed by atoms with Crippen molar-refractivity contribution >= 4 is 5.91 Å². The summed E-state index contributed by atoms with van der Waals surface area (Å²) in [5, 5.41) is 2.94. The molecule has 0 radical (unpaired) electrons. The number of nitrogens with zero attached hydrogens (tertiary/aromatic N) is 1. The lowest BCUT2D eigenvalue weighted by Gasteiger charge is -2.17. The van der Waals surface area contributed by atoms with Crippen LogP contribution >= 0.6 is 0 Å². The summed E-state index contributed by atoms with van der Waals surface area (Å²) in [4.78, 5) is 13.3. The molecule has 0 aliphatic rings. The van der Waals surface area contributed by atoms with Gasteiger partial charge < -0.3 is 10.2 Å². The van der Waals surface area contributed by atoms with E-state index in [4.69, 9.17) is 0 Å². The fourth-order valence-corrected chi connectivity index (χ4v) is 1.38. The summed E-state index contributed by atoms with van der Waals surface area (Å²) >= 11 is 0. The zero-order chi connectivity index (χ0) is 12.1. The van der Waals surface area contributed by atoms with Gasteiger partial charge in [0.15, 0.2) is 0 Å². The van der Waals surface area contributed by atoms with E-state index in [1.54, 1.807) is 20.0 Å². The van der Waals surface area contributed by atoms with Crippen LogP contribution < -0.4 is 5.32 Å². The van der Waals surface area contributed by atoms with Crippen LogP contribution in [0.3, 0.4) is 0 Å². The Morgan fingerprint density at radius 2 is 2.19 bits per heavy atom. The number of benzene rings is 1. The first kappa shape index (κ1) is 12.6. The number of halogens is 1. The van der Waals surface area contributed by atoms with Gasteiger partial charge in [-0.2, -0.15) is 0 Å². The number of hydrogen-bond acceptors (Lipinski definition) is 2. The first-order valence-electron chi connectivity index (χ1n) is 5.22. The quantitative estimate of drug-likeness (QED) is 0.839. The van der Waals surface area contributed by atoms with Crippen molar-refractivity contribution in [3.8, 4) is 0 Å². The Morgan fingerprint density at radius 1 is 1.50 bits per heavy atom. The summed E-state index contributed by atoms with van der Waals surface area (Å²) in [5.74, 6) is -0.742. The summed E-state index contributed by atoms with van der Waals surface area (Å²) in [6.07, 6.45) is 0. The van der Waals surface area contributed by atoms with Crippen LogP contribution in [0.5, 0.6) is 0 Å². The molecule has 0 saturated heterocycles. The molecule has 0 atom stereocenters. The van der Waals surface area contributed by atoms with E-state index in [9.17, 15) is 9.18 Å². The highest BCUT2D eigenvalue weighted by Crippen LogP contribution is 2.11. The largest absolute Gasteiger partial charge is 0.340 e. The normalized spacial score (nSPS) is 10.2. The van der Waals surface area contributed by atoms with Gasteiger partial charge in [-0.25, -0.2) is 4.39 Å². The first-order chi connectivity index (χ1) is 7.56. The highest BCUT2D eigenvalue weighted by Gasteiger charge is 2.15. The van der Waals surface area contributed by atoms with Crippen LogP contribution in [0.4, 0.5) is 4.39 Å². The van der Waals surface area contributed by atoms with Gasteiger partial charge in [-0.3, -0.25) is 4.79 Å². The van der Waals surface area contributed by atoms with Crippen molar-refractivity contribution in [3.63, 3.8) is 0 Å². The van der Waals surface area contributed by atoms with Crippen molar-refractivity contribution in [3.05, 3.63) is 35.1 Å². The number of carbonyl (C=O) groups excluding carboxylic acids is 1. The second-order valence-electron chi connectivity index (χ2n) is 3.81. The maximum Gasteiger partial charge on any atom is 0.256 e. The Balaban J connectivity index is 2.79. The predicted octanol–water partition coefficient (Wildman–Crippen LogP) is 1.43. The van der Waals surface area contributed by atoms with Crippen molar-refractivity contribution < 1.29 is 9.18 Å². The molecule has 0 bridgehead atoms. The lowest BCUT2D eigenvalue weighted by Crippen LogP contribution is -2.33. The molecule has 88 valence electrons. The minimum atomic E-state index is -0.457. The highest BCUT2D eigenvalue weighted by molar-refractivity contribution is 5.94. The Kier molecular flexibility index (Phi) is 4.43. The minimum absolute atomic E-state index is 0.129. The molecule has 0 fully saturated rings. The molecule has 1 rings (SSSR count). The van der Waals surface area contributed by atoms with Gasteiger partial charge in [0.2, 0.25) is 0 Å². The minimum Gasteiger partial charge on any atom is -0.340 e. The number of carbonyl (C=O) groups is 1. The lowest BCUT2D eigenvalue weighted by atomic mass is 10.1. The smallest absolute Gasteiger partial charge is 0.256 e. The summed E-state index contributed by atoms with van der Waals surface area (Å²) in [7, 11) is 3.48. The molecule has 4 heteroatoms.